The Kier molecular flexibility index (Phi) is 3.57. The van der Waals surface area contributed by atoms with Crippen molar-refractivity contribution in [3.63, 3.8) is 0 Å². The Hall–Kier alpha value is -1.95. The first-order chi connectivity index (χ1) is 8.65. The van der Waals surface area contributed by atoms with E-state index in [9.17, 15) is 8.78 Å². The number of alkyl halides is 2. The lowest BCUT2D eigenvalue weighted by atomic mass is 10.1. The van der Waals surface area contributed by atoms with Crippen LogP contribution in [-0.2, 0) is 0 Å². The second-order valence-electron chi connectivity index (χ2n) is 3.65. The normalized spacial score (nSPS) is 10.9. The molecule has 0 amide bonds. The van der Waals surface area contributed by atoms with E-state index < -0.39 is 6.43 Å². The maximum atomic E-state index is 12.8. The van der Waals surface area contributed by atoms with Crippen LogP contribution in [0.3, 0.4) is 0 Å². The smallest absolute Gasteiger partial charge is 0.282 e. The Balaban J connectivity index is 2.56. The number of benzene rings is 1. The molecule has 0 spiro atoms. The highest BCUT2D eigenvalue weighted by molar-refractivity contribution is 5.84. The van der Waals surface area contributed by atoms with Gasteiger partial charge in [-0.3, -0.25) is 5.84 Å². The van der Waals surface area contributed by atoms with Crippen molar-refractivity contribution in [1.29, 1.82) is 0 Å². The van der Waals surface area contributed by atoms with E-state index in [-0.39, 0.29) is 11.4 Å². The van der Waals surface area contributed by atoms with Crippen LogP contribution in [0.25, 0.3) is 10.9 Å². The molecule has 1 aromatic heterocycles. The molecule has 0 aliphatic carbocycles. The molecule has 0 aliphatic heterocycles. The van der Waals surface area contributed by atoms with Gasteiger partial charge in [0.15, 0.2) is 0 Å². The molecule has 2 rings (SSSR count). The fourth-order valence-corrected chi connectivity index (χ4v) is 1.71. The van der Waals surface area contributed by atoms with Crippen molar-refractivity contribution in [3.8, 4) is 5.75 Å². The molecule has 0 atom stereocenters. The van der Waals surface area contributed by atoms with Crippen LogP contribution < -0.4 is 16.0 Å². The molecular formula is C12H13F2N3O. The second-order valence-corrected chi connectivity index (χ2v) is 3.65. The molecule has 18 heavy (non-hydrogen) atoms. The third-order valence-electron chi connectivity index (χ3n) is 2.49. The van der Waals surface area contributed by atoms with E-state index in [2.05, 4.69) is 10.4 Å². The van der Waals surface area contributed by atoms with E-state index in [1.807, 2.05) is 6.92 Å². The Morgan fingerprint density at radius 3 is 2.78 bits per heavy atom. The number of hydrogen-bond donors (Lipinski definition) is 2. The average molecular weight is 253 g/mol. The molecule has 0 saturated heterocycles. The van der Waals surface area contributed by atoms with Crippen LogP contribution in [0.15, 0.2) is 24.3 Å². The molecule has 4 nitrogen and oxygen atoms in total. The molecule has 0 radical (unpaired) electrons. The molecule has 1 heterocycles. The van der Waals surface area contributed by atoms with Gasteiger partial charge < -0.3 is 10.2 Å². The quantitative estimate of drug-likeness (QED) is 0.649. The van der Waals surface area contributed by atoms with Gasteiger partial charge in [-0.15, -0.1) is 0 Å². The summed E-state index contributed by atoms with van der Waals surface area (Å²) in [6, 6.07) is 6.62. The highest BCUT2D eigenvalue weighted by atomic mass is 19.3. The largest absolute Gasteiger partial charge is 0.494 e. The van der Waals surface area contributed by atoms with Crippen molar-refractivity contribution in [2.45, 2.75) is 13.3 Å². The fourth-order valence-electron chi connectivity index (χ4n) is 1.71. The van der Waals surface area contributed by atoms with Gasteiger partial charge in [-0.05, 0) is 31.2 Å². The zero-order valence-electron chi connectivity index (χ0n) is 9.78. The molecule has 0 unspecified atom stereocenters. The second kappa shape index (κ2) is 5.14. The van der Waals surface area contributed by atoms with E-state index in [0.717, 1.165) is 0 Å². The number of nitrogens with two attached hydrogens (primary N) is 1. The topological polar surface area (TPSA) is 60.2 Å². The maximum Gasteiger partial charge on any atom is 0.282 e. The van der Waals surface area contributed by atoms with Crippen LogP contribution in [0.2, 0.25) is 0 Å². The van der Waals surface area contributed by atoms with Gasteiger partial charge in [0.1, 0.15) is 11.4 Å². The van der Waals surface area contributed by atoms with Gasteiger partial charge in [0.25, 0.3) is 6.43 Å². The first-order valence-electron chi connectivity index (χ1n) is 5.48. The summed E-state index contributed by atoms with van der Waals surface area (Å²) in [5.74, 6) is 5.89. The highest BCUT2D eigenvalue weighted by Crippen LogP contribution is 2.29. The fraction of sp³-hybridized carbons (Fsp3) is 0.250. The van der Waals surface area contributed by atoms with Crippen molar-refractivity contribution in [1.82, 2.24) is 4.98 Å². The molecule has 0 bridgehead atoms. The first-order valence-corrected chi connectivity index (χ1v) is 5.48. The molecular weight excluding hydrogens is 240 g/mol. The number of nitrogen functional groups attached to an aromatic ring is 1. The van der Waals surface area contributed by atoms with Crippen molar-refractivity contribution < 1.29 is 13.5 Å². The molecule has 96 valence electrons. The van der Waals surface area contributed by atoms with Crippen molar-refractivity contribution in [2.75, 3.05) is 12.0 Å². The summed E-state index contributed by atoms with van der Waals surface area (Å²) >= 11 is 0. The van der Waals surface area contributed by atoms with Crippen LogP contribution in [0.4, 0.5) is 14.5 Å². The monoisotopic (exact) mass is 253 g/mol. The number of hydrogen-bond acceptors (Lipinski definition) is 4. The number of fused-ring (bicyclic) bond motifs is 1. The minimum atomic E-state index is -2.67. The third kappa shape index (κ3) is 2.33. The van der Waals surface area contributed by atoms with Gasteiger partial charge in [0, 0.05) is 5.39 Å². The average Bonchev–Trinajstić information content (AvgIpc) is 2.37. The van der Waals surface area contributed by atoms with E-state index in [4.69, 9.17) is 10.6 Å². The number of rotatable bonds is 4. The van der Waals surface area contributed by atoms with Gasteiger partial charge in [-0.2, -0.15) is 0 Å². The van der Waals surface area contributed by atoms with Crippen molar-refractivity contribution in [3.05, 3.63) is 30.0 Å². The predicted molar refractivity (Wildman–Crippen MR) is 65.7 cm³/mol. The number of nitrogens with zero attached hydrogens (tertiary/aromatic N) is 1. The number of hydrazine groups is 1. The molecule has 6 heteroatoms. The number of aromatic nitrogens is 1. The molecule has 0 fully saturated rings. The lowest BCUT2D eigenvalue weighted by molar-refractivity contribution is 0.147. The Labute approximate surface area is 103 Å². The Morgan fingerprint density at radius 2 is 2.17 bits per heavy atom. The number of ether oxygens (including phenoxy) is 1. The summed E-state index contributed by atoms with van der Waals surface area (Å²) in [6.45, 7) is 2.41. The lowest BCUT2D eigenvalue weighted by Gasteiger charge is -2.10. The number of anilines is 1. The summed E-state index contributed by atoms with van der Waals surface area (Å²) in [6.07, 6.45) is -2.67. The van der Waals surface area contributed by atoms with Gasteiger partial charge in [-0.1, -0.05) is 0 Å². The zero-order chi connectivity index (χ0) is 13.1. The summed E-state index contributed by atoms with van der Waals surface area (Å²) in [5, 5.41) is 0.693. The Bertz CT molecular complexity index is 560. The summed E-state index contributed by atoms with van der Waals surface area (Å²) in [5.41, 5.74) is 2.48. The maximum absolute atomic E-state index is 12.8. The summed E-state index contributed by atoms with van der Waals surface area (Å²) in [7, 11) is 0. The van der Waals surface area contributed by atoms with Crippen LogP contribution in [-0.4, -0.2) is 11.6 Å². The van der Waals surface area contributed by atoms with Crippen molar-refractivity contribution in [2.24, 2.45) is 5.84 Å². The minimum Gasteiger partial charge on any atom is -0.494 e. The van der Waals surface area contributed by atoms with Gasteiger partial charge in [-0.25, -0.2) is 13.8 Å². The highest BCUT2D eigenvalue weighted by Gasteiger charge is 2.15. The van der Waals surface area contributed by atoms with E-state index in [1.165, 1.54) is 6.07 Å². The van der Waals surface area contributed by atoms with Crippen molar-refractivity contribution >= 4 is 16.6 Å². The van der Waals surface area contributed by atoms with Crippen LogP contribution in [0.1, 0.15) is 19.0 Å². The number of halogens is 2. The van der Waals surface area contributed by atoms with Crippen LogP contribution >= 0.6 is 0 Å². The lowest BCUT2D eigenvalue weighted by Crippen LogP contribution is -2.10. The Morgan fingerprint density at radius 1 is 1.39 bits per heavy atom. The van der Waals surface area contributed by atoms with E-state index in [0.29, 0.717) is 23.3 Å². The standard InChI is InChI=1S/C12H13F2N3O/c1-2-18-8-3-4-9-7(5-8)6-10(17-15)11(16-9)12(13)14/h3-6,12,17H,2,15H2,1H3. The van der Waals surface area contributed by atoms with Crippen LogP contribution in [0, 0.1) is 0 Å². The third-order valence-corrected chi connectivity index (χ3v) is 2.49. The molecule has 0 aliphatic rings. The molecule has 0 saturated carbocycles. The van der Waals surface area contributed by atoms with Gasteiger partial charge in [0.05, 0.1) is 17.8 Å². The molecule has 2 aromatic rings. The van der Waals surface area contributed by atoms with Crippen LogP contribution in [0.5, 0.6) is 5.75 Å². The summed E-state index contributed by atoms with van der Waals surface area (Å²) < 4.78 is 30.9. The zero-order valence-corrected chi connectivity index (χ0v) is 9.78. The van der Waals surface area contributed by atoms with Gasteiger partial charge >= 0.3 is 0 Å². The summed E-state index contributed by atoms with van der Waals surface area (Å²) in [4.78, 5) is 3.90. The molecule has 1 aromatic carbocycles. The van der Waals surface area contributed by atoms with E-state index in [1.54, 1.807) is 18.2 Å². The first kappa shape index (κ1) is 12.5. The minimum absolute atomic E-state index is 0.117. The number of nitrogens with one attached hydrogen (secondary N) is 1. The number of pyridine rings is 1. The van der Waals surface area contributed by atoms with E-state index >= 15 is 0 Å². The van der Waals surface area contributed by atoms with Gasteiger partial charge in [0.2, 0.25) is 0 Å². The predicted octanol–water partition coefficient (Wildman–Crippen LogP) is 2.86. The molecule has 3 N–H and O–H groups in total. The SMILES string of the molecule is CCOc1ccc2nc(C(F)F)c(NN)cc2c1.